The van der Waals surface area contributed by atoms with E-state index in [0.29, 0.717) is 11.3 Å². The average Bonchev–Trinajstić information content (AvgIpc) is 2.29. The molecule has 0 aromatic carbocycles. The third kappa shape index (κ3) is 4.62. The number of ether oxygens (including phenoxy) is 1. The summed E-state index contributed by atoms with van der Waals surface area (Å²) in [6.07, 6.45) is 5.59. The highest BCUT2D eigenvalue weighted by Crippen LogP contribution is 2.22. The van der Waals surface area contributed by atoms with Gasteiger partial charge in [0.2, 0.25) is 0 Å². The minimum Gasteiger partial charge on any atom is -0.385 e. The lowest BCUT2D eigenvalue weighted by atomic mass is 9.95. The summed E-state index contributed by atoms with van der Waals surface area (Å²) in [6.45, 7) is 0.730. The third-order valence-electron chi connectivity index (χ3n) is 3.10. The van der Waals surface area contributed by atoms with Gasteiger partial charge in [0.25, 0.3) is 0 Å². The first-order valence-electron chi connectivity index (χ1n) is 5.81. The molecule has 90 valence electrons. The van der Waals surface area contributed by atoms with E-state index < -0.39 is 10.8 Å². The average molecular weight is 233 g/mol. The molecule has 4 heteroatoms. The predicted molar refractivity (Wildman–Crippen MR) is 64.6 cm³/mol. The van der Waals surface area contributed by atoms with Crippen LogP contribution < -0.4 is 5.32 Å². The van der Waals surface area contributed by atoms with Crippen molar-refractivity contribution in [3.63, 3.8) is 0 Å². The van der Waals surface area contributed by atoms with Gasteiger partial charge in [0, 0.05) is 41.6 Å². The second-order valence-corrected chi connectivity index (χ2v) is 6.04. The number of nitrogens with one attached hydrogen (secondary N) is 1. The quantitative estimate of drug-likeness (QED) is 0.703. The van der Waals surface area contributed by atoms with Crippen molar-refractivity contribution in [2.75, 3.05) is 26.5 Å². The maximum Gasteiger partial charge on any atom is 0.0471 e. The molecule has 3 unspecified atom stereocenters. The summed E-state index contributed by atoms with van der Waals surface area (Å²) in [5.74, 6) is 0.801. The van der Waals surface area contributed by atoms with Gasteiger partial charge >= 0.3 is 0 Å². The number of hydrogen-bond donors (Lipinski definition) is 1. The second kappa shape index (κ2) is 7.36. The maximum atomic E-state index is 12.0. The van der Waals surface area contributed by atoms with E-state index >= 15 is 0 Å². The van der Waals surface area contributed by atoms with Gasteiger partial charge in [-0.2, -0.15) is 0 Å². The van der Waals surface area contributed by atoms with Crippen molar-refractivity contribution in [1.29, 1.82) is 0 Å². The van der Waals surface area contributed by atoms with Crippen LogP contribution in [0.25, 0.3) is 0 Å². The van der Waals surface area contributed by atoms with Crippen LogP contribution in [0, 0.1) is 0 Å². The largest absolute Gasteiger partial charge is 0.385 e. The van der Waals surface area contributed by atoms with E-state index in [4.69, 9.17) is 4.74 Å². The molecule has 3 atom stereocenters. The Kier molecular flexibility index (Phi) is 6.45. The van der Waals surface area contributed by atoms with E-state index in [1.807, 2.05) is 7.05 Å². The molecule has 1 saturated carbocycles. The first-order valence-corrected chi connectivity index (χ1v) is 7.19. The molecule has 0 amide bonds. The number of rotatable bonds is 6. The summed E-state index contributed by atoms with van der Waals surface area (Å²) >= 11 is 0. The summed E-state index contributed by atoms with van der Waals surface area (Å²) in [7, 11) is 3.05. The second-order valence-electron chi connectivity index (χ2n) is 4.21. The summed E-state index contributed by atoms with van der Waals surface area (Å²) in [5, 5.41) is 3.71. The Morgan fingerprint density at radius 2 is 2.27 bits per heavy atom. The topological polar surface area (TPSA) is 38.3 Å². The molecule has 15 heavy (non-hydrogen) atoms. The zero-order chi connectivity index (χ0) is 11.1. The molecule has 0 aromatic rings. The van der Waals surface area contributed by atoms with Crippen LogP contribution in [0.3, 0.4) is 0 Å². The normalized spacial score (nSPS) is 28.9. The molecule has 0 aliphatic heterocycles. The Morgan fingerprint density at radius 1 is 1.47 bits per heavy atom. The Morgan fingerprint density at radius 3 is 2.93 bits per heavy atom. The standard InChI is InChI=1S/C11H23NO2S/c1-12-10-5-3-6-11(9-10)15(13)8-4-7-14-2/h10-12H,3-9H2,1-2H3. The molecule has 3 nitrogen and oxygen atoms in total. The Balaban J connectivity index is 2.25. The highest BCUT2D eigenvalue weighted by atomic mass is 32.2. The van der Waals surface area contributed by atoms with Crippen LogP contribution in [0.4, 0.5) is 0 Å². The third-order valence-corrected chi connectivity index (χ3v) is 4.96. The smallest absolute Gasteiger partial charge is 0.0471 e. The fraction of sp³-hybridized carbons (Fsp3) is 1.00. The highest BCUT2D eigenvalue weighted by molar-refractivity contribution is 7.85. The van der Waals surface area contributed by atoms with Crippen molar-refractivity contribution in [2.24, 2.45) is 0 Å². The van der Waals surface area contributed by atoms with Crippen LogP contribution in [0.5, 0.6) is 0 Å². The van der Waals surface area contributed by atoms with Gasteiger partial charge in [-0.3, -0.25) is 4.21 Å². The minimum atomic E-state index is -0.650. The lowest BCUT2D eigenvalue weighted by Gasteiger charge is -2.28. The van der Waals surface area contributed by atoms with Crippen LogP contribution in [0.1, 0.15) is 32.1 Å². The van der Waals surface area contributed by atoms with Crippen LogP contribution >= 0.6 is 0 Å². The van der Waals surface area contributed by atoms with Crippen molar-refractivity contribution in [1.82, 2.24) is 5.32 Å². The molecule has 1 fully saturated rings. The number of methoxy groups -OCH3 is 1. The van der Waals surface area contributed by atoms with E-state index in [2.05, 4.69) is 5.32 Å². The van der Waals surface area contributed by atoms with Crippen LogP contribution in [-0.4, -0.2) is 42.0 Å². The zero-order valence-electron chi connectivity index (χ0n) is 9.83. The molecule has 1 aliphatic rings. The zero-order valence-corrected chi connectivity index (χ0v) is 10.6. The predicted octanol–water partition coefficient (Wildman–Crippen LogP) is 1.30. The first kappa shape index (κ1) is 13.1. The van der Waals surface area contributed by atoms with Crippen molar-refractivity contribution >= 4 is 10.8 Å². The van der Waals surface area contributed by atoms with E-state index in [0.717, 1.165) is 31.6 Å². The fourth-order valence-electron chi connectivity index (χ4n) is 2.16. The lowest BCUT2D eigenvalue weighted by Crippen LogP contribution is -2.36. The molecule has 0 bridgehead atoms. The fourth-order valence-corrected chi connectivity index (χ4v) is 3.77. The molecular formula is C11H23NO2S. The molecule has 0 spiro atoms. The van der Waals surface area contributed by atoms with E-state index in [1.165, 1.54) is 12.8 Å². The molecule has 0 radical (unpaired) electrons. The molecule has 1 rings (SSSR count). The van der Waals surface area contributed by atoms with Crippen molar-refractivity contribution < 1.29 is 8.95 Å². The Hall–Kier alpha value is 0.0700. The summed E-state index contributed by atoms with van der Waals surface area (Å²) < 4.78 is 16.9. The van der Waals surface area contributed by atoms with Gasteiger partial charge < -0.3 is 10.1 Å². The van der Waals surface area contributed by atoms with Gasteiger partial charge in [-0.15, -0.1) is 0 Å². The van der Waals surface area contributed by atoms with Gasteiger partial charge in [-0.1, -0.05) is 6.42 Å². The van der Waals surface area contributed by atoms with E-state index in [-0.39, 0.29) is 0 Å². The summed E-state index contributed by atoms with van der Waals surface area (Å²) in [6, 6.07) is 0.579. The molecular weight excluding hydrogens is 210 g/mol. The van der Waals surface area contributed by atoms with Crippen LogP contribution in [-0.2, 0) is 15.5 Å². The Labute approximate surface area is 95.4 Å². The molecule has 1 N–H and O–H groups in total. The van der Waals surface area contributed by atoms with Crippen LogP contribution in [0.2, 0.25) is 0 Å². The SMILES string of the molecule is CNC1CCCC(S(=O)CCCOC)C1. The van der Waals surface area contributed by atoms with Gasteiger partial charge in [-0.25, -0.2) is 0 Å². The Bertz CT molecular complexity index is 199. The van der Waals surface area contributed by atoms with Gasteiger partial charge in [0.05, 0.1) is 0 Å². The molecule has 1 aliphatic carbocycles. The molecule has 0 heterocycles. The van der Waals surface area contributed by atoms with E-state index in [9.17, 15) is 4.21 Å². The lowest BCUT2D eigenvalue weighted by molar-refractivity contribution is 0.200. The van der Waals surface area contributed by atoms with Gasteiger partial charge in [-0.05, 0) is 32.7 Å². The van der Waals surface area contributed by atoms with Crippen molar-refractivity contribution in [3.8, 4) is 0 Å². The van der Waals surface area contributed by atoms with Crippen molar-refractivity contribution in [2.45, 2.75) is 43.4 Å². The number of hydrogen-bond acceptors (Lipinski definition) is 3. The maximum absolute atomic E-state index is 12.0. The summed E-state index contributed by atoms with van der Waals surface area (Å²) in [5.41, 5.74) is 0. The minimum absolute atomic E-state index is 0.410. The van der Waals surface area contributed by atoms with Gasteiger partial charge in [0.15, 0.2) is 0 Å². The summed E-state index contributed by atoms with van der Waals surface area (Å²) in [4.78, 5) is 0. The van der Waals surface area contributed by atoms with Crippen molar-refractivity contribution in [3.05, 3.63) is 0 Å². The van der Waals surface area contributed by atoms with Gasteiger partial charge in [0.1, 0.15) is 0 Å². The van der Waals surface area contributed by atoms with E-state index in [1.54, 1.807) is 7.11 Å². The van der Waals surface area contributed by atoms with Crippen LogP contribution in [0.15, 0.2) is 0 Å². The molecule has 0 aromatic heterocycles. The highest BCUT2D eigenvalue weighted by Gasteiger charge is 2.24. The monoisotopic (exact) mass is 233 g/mol. The molecule has 0 saturated heterocycles. The first-order chi connectivity index (χ1) is 7.27.